The molecule has 0 unspecified atom stereocenters. The quantitative estimate of drug-likeness (QED) is 0.640. The Balaban J connectivity index is 0.00000205. The zero-order valence-corrected chi connectivity index (χ0v) is 17.8. The number of anilines is 1. The molecule has 2 aliphatic rings. The summed E-state index contributed by atoms with van der Waals surface area (Å²) < 4.78 is 19.6. The van der Waals surface area contributed by atoms with Crippen LogP contribution >= 0.6 is 17.0 Å². The monoisotopic (exact) mass is 458 g/mol. The van der Waals surface area contributed by atoms with Gasteiger partial charge in [-0.25, -0.2) is 9.37 Å². The maximum atomic E-state index is 14.0. The van der Waals surface area contributed by atoms with Crippen molar-refractivity contribution in [2.75, 3.05) is 37.7 Å². The molecule has 0 bridgehead atoms. The number of fused-ring (bicyclic) bond motifs is 1. The number of ether oxygens (including phenoxy) is 1. The number of nitrogens with one attached hydrogen (secondary N) is 1. The molecule has 0 amide bonds. The Morgan fingerprint density at radius 2 is 1.90 bits per heavy atom. The number of piperazine rings is 1. The molecule has 3 heterocycles. The number of hydrogen-bond acceptors (Lipinski definition) is 4. The van der Waals surface area contributed by atoms with Crippen LogP contribution in [0.5, 0.6) is 5.75 Å². The summed E-state index contributed by atoms with van der Waals surface area (Å²) >= 11 is 0. The molecule has 0 aliphatic carbocycles. The molecule has 0 atom stereocenters. The normalized spacial score (nSPS) is 16.2. The maximum Gasteiger partial charge on any atom is 0.146 e. The van der Waals surface area contributed by atoms with E-state index in [4.69, 9.17) is 9.72 Å². The zero-order valence-electron chi connectivity index (χ0n) is 16.1. The number of imidazole rings is 1. The van der Waals surface area contributed by atoms with Gasteiger partial charge in [0.05, 0.1) is 18.0 Å². The lowest BCUT2D eigenvalue weighted by atomic mass is 10.1. The average Bonchev–Trinajstić information content (AvgIpc) is 3.38. The first kappa shape index (κ1) is 19.9. The first-order valence-corrected chi connectivity index (χ1v) is 9.78. The summed E-state index contributed by atoms with van der Waals surface area (Å²) in [4.78, 5) is 12.6. The summed E-state index contributed by atoms with van der Waals surface area (Å²) in [6, 6.07) is 13.3. The molecular weight excluding hydrogens is 435 g/mol. The van der Waals surface area contributed by atoms with Crippen molar-refractivity contribution in [1.82, 2.24) is 14.9 Å². The van der Waals surface area contributed by atoms with Gasteiger partial charge in [0.1, 0.15) is 17.4 Å². The number of hydrogen-bond donors (Lipinski definition) is 1. The van der Waals surface area contributed by atoms with Gasteiger partial charge in [-0.1, -0.05) is 12.1 Å². The minimum absolute atomic E-state index is 0. The van der Waals surface area contributed by atoms with E-state index in [9.17, 15) is 4.39 Å². The Morgan fingerprint density at radius 3 is 2.72 bits per heavy atom. The molecule has 2 aliphatic heterocycles. The number of rotatable bonds is 4. The lowest BCUT2D eigenvalue weighted by Gasteiger charge is -2.35. The minimum Gasteiger partial charge on any atom is -0.493 e. The fraction of sp³-hybridized carbons (Fsp3) is 0.318. The van der Waals surface area contributed by atoms with Gasteiger partial charge in [0, 0.05) is 50.9 Å². The third-order valence-corrected chi connectivity index (χ3v) is 5.54. The summed E-state index contributed by atoms with van der Waals surface area (Å²) in [5, 5.41) is 0. The topological polar surface area (TPSA) is 44.4 Å². The van der Waals surface area contributed by atoms with Gasteiger partial charge in [-0.05, 0) is 35.9 Å². The molecule has 0 spiro atoms. The number of aromatic amines is 1. The number of H-pyrrole nitrogens is 1. The van der Waals surface area contributed by atoms with Gasteiger partial charge < -0.3 is 14.6 Å². The standard InChI is InChI=1S/C22H23FN4O.BrH/c23-19-3-1-2-4-20(19)27-10-8-26(9-11-27)15-18-14-24-22(25-18)17-5-6-21-16(13-17)7-12-28-21;/h1-6,13-14H,7-12,15H2,(H,24,25);1H. The predicted molar refractivity (Wildman–Crippen MR) is 117 cm³/mol. The number of para-hydroxylation sites is 1. The van der Waals surface area contributed by atoms with Crippen molar-refractivity contribution >= 4 is 22.7 Å². The van der Waals surface area contributed by atoms with E-state index < -0.39 is 0 Å². The van der Waals surface area contributed by atoms with Crippen molar-refractivity contribution in [3.05, 3.63) is 65.7 Å². The van der Waals surface area contributed by atoms with Crippen molar-refractivity contribution in [3.63, 3.8) is 0 Å². The van der Waals surface area contributed by atoms with Gasteiger partial charge in [0.25, 0.3) is 0 Å². The lowest BCUT2D eigenvalue weighted by molar-refractivity contribution is 0.247. The van der Waals surface area contributed by atoms with Crippen LogP contribution in [0.2, 0.25) is 0 Å². The summed E-state index contributed by atoms with van der Waals surface area (Å²) in [5.41, 5.74) is 4.08. The van der Waals surface area contributed by atoms with E-state index in [1.165, 1.54) is 11.6 Å². The second-order valence-corrected chi connectivity index (χ2v) is 7.38. The molecule has 1 fully saturated rings. The van der Waals surface area contributed by atoms with Gasteiger partial charge in [-0.3, -0.25) is 4.90 Å². The predicted octanol–water partition coefficient (Wildman–Crippen LogP) is 4.05. The highest BCUT2D eigenvalue weighted by Gasteiger charge is 2.20. The van der Waals surface area contributed by atoms with Gasteiger partial charge in [0.15, 0.2) is 0 Å². The molecule has 152 valence electrons. The molecule has 7 heteroatoms. The molecule has 3 aromatic rings. The van der Waals surface area contributed by atoms with Crippen molar-refractivity contribution in [2.45, 2.75) is 13.0 Å². The molecule has 1 aromatic heterocycles. The smallest absolute Gasteiger partial charge is 0.146 e. The number of halogens is 2. The molecule has 0 saturated carbocycles. The summed E-state index contributed by atoms with van der Waals surface area (Å²) in [5.74, 6) is 1.74. The molecule has 1 N–H and O–H groups in total. The average molecular weight is 459 g/mol. The molecule has 0 radical (unpaired) electrons. The third-order valence-electron chi connectivity index (χ3n) is 5.54. The number of benzene rings is 2. The highest BCUT2D eigenvalue weighted by atomic mass is 79.9. The Kier molecular flexibility index (Phi) is 5.87. The molecule has 1 saturated heterocycles. The maximum absolute atomic E-state index is 14.0. The highest BCUT2D eigenvalue weighted by molar-refractivity contribution is 8.93. The van der Waals surface area contributed by atoms with Gasteiger partial charge in [-0.2, -0.15) is 0 Å². The van der Waals surface area contributed by atoms with Crippen LogP contribution < -0.4 is 9.64 Å². The van der Waals surface area contributed by atoms with E-state index in [2.05, 4.69) is 26.9 Å². The summed E-state index contributed by atoms with van der Waals surface area (Å²) in [6.45, 7) is 5.00. The largest absolute Gasteiger partial charge is 0.493 e. The Hall–Kier alpha value is -2.38. The fourth-order valence-corrected chi connectivity index (χ4v) is 4.01. The van der Waals surface area contributed by atoms with Gasteiger partial charge in [0.2, 0.25) is 0 Å². The minimum atomic E-state index is -0.146. The van der Waals surface area contributed by atoms with Crippen molar-refractivity contribution in [2.24, 2.45) is 0 Å². The number of aromatic nitrogens is 2. The van der Waals surface area contributed by atoms with Crippen LogP contribution in [-0.2, 0) is 13.0 Å². The fourth-order valence-electron chi connectivity index (χ4n) is 4.01. The van der Waals surface area contributed by atoms with Crippen molar-refractivity contribution in [1.29, 1.82) is 0 Å². The van der Waals surface area contributed by atoms with Crippen LogP contribution in [0.3, 0.4) is 0 Å². The van der Waals surface area contributed by atoms with E-state index in [-0.39, 0.29) is 22.8 Å². The van der Waals surface area contributed by atoms with Crippen LogP contribution in [-0.4, -0.2) is 47.7 Å². The van der Waals surface area contributed by atoms with E-state index in [1.54, 1.807) is 6.07 Å². The van der Waals surface area contributed by atoms with E-state index >= 15 is 0 Å². The zero-order chi connectivity index (χ0) is 18.9. The van der Waals surface area contributed by atoms with Crippen molar-refractivity contribution in [3.8, 4) is 17.1 Å². The van der Waals surface area contributed by atoms with Crippen LogP contribution in [0.1, 0.15) is 11.3 Å². The molecular formula is C22H24BrFN4O. The Morgan fingerprint density at radius 1 is 1.07 bits per heavy atom. The second-order valence-electron chi connectivity index (χ2n) is 7.38. The first-order chi connectivity index (χ1) is 13.8. The first-order valence-electron chi connectivity index (χ1n) is 9.78. The molecule has 29 heavy (non-hydrogen) atoms. The van der Waals surface area contributed by atoms with Crippen LogP contribution in [0.4, 0.5) is 10.1 Å². The van der Waals surface area contributed by atoms with Crippen LogP contribution in [0, 0.1) is 5.82 Å². The molecule has 5 nitrogen and oxygen atoms in total. The molecule has 5 rings (SSSR count). The Bertz CT molecular complexity index is 984. The van der Waals surface area contributed by atoms with Gasteiger partial charge in [-0.15, -0.1) is 17.0 Å². The summed E-state index contributed by atoms with van der Waals surface area (Å²) in [6.07, 6.45) is 2.95. The van der Waals surface area contributed by atoms with Crippen molar-refractivity contribution < 1.29 is 9.13 Å². The number of nitrogens with zero attached hydrogens (tertiary/aromatic N) is 3. The summed E-state index contributed by atoms with van der Waals surface area (Å²) in [7, 11) is 0. The molecule has 2 aromatic carbocycles. The SMILES string of the molecule is Br.Fc1ccccc1N1CCN(Cc2c[nH]c(-c3ccc4c(c3)CCO4)n2)CC1. The lowest BCUT2D eigenvalue weighted by Crippen LogP contribution is -2.46. The van der Waals surface area contributed by atoms with E-state index in [0.29, 0.717) is 5.69 Å². The third kappa shape index (κ3) is 4.16. The van der Waals surface area contributed by atoms with Crippen LogP contribution in [0.15, 0.2) is 48.7 Å². The Labute approximate surface area is 180 Å². The van der Waals surface area contributed by atoms with E-state index in [1.807, 2.05) is 24.4 Å². The highest BCUT2D eigenvalue weighted by Crippen LogP contribution is 2.29. The van der Waals surface area contributed by atoms with Crippen LogP contribution in [0.25, 0.3) is 11.4 Å². The van der Waals surface area contributed by atoms with Gasteiger partial charge >= 0.3 is 0 Å². The van der Waals surface area contributed by atoms with E-state index in [0.717, 1.165) is 68.6 Å². The second kappa shape index (κ2) is 8.55.